The molecule has 1 saturated heterocycles. The average molecular weight is 443 g/mol. The van der Waals surface area contributed by atoms with Crippen LogP contribution in [0.3, 0.4) is 0 Å². The van der Waals surface area contributed by atoms with Crippen LogP contribution in [0.4, 0.5) is 5.69 Å². The Hall–Kier alpha value is -2.91. The maximum Gasteiger partial charge on any atom is 0.301 e. The Bertz CT molecular complexity index is 1180. The van der Waals surface area contributed by atoms with E-state index in [1.807, 2.05) is 18.2 Å². The predicted molar refractivity (Wildman–Crippen MR) is 120 cm³/mol. The number of carbonyl (C=O) groups is 1. The van der Waals surface area contributed by atoms with Crippen LogP contribution in [0.5, 0.6) is 0 Å². The molecule has 31 heavy (non-hydrogen) atoms. The van der Waals surface area contributed by atoms with Crippen molar-refractivity contribution in [2.45, 2.75) is 37.6 Å². The number of nitrogens with one attached hydrogen (secondary N) is 3. The monoisotopic (exact) mass is 442 g/mol. The molecule has 0 radical (unpaired) electrons. The van der Waals surface area contributed by atoms with Crippen molar-refractivity contribution in [2.24, 2.45) is 0 Å². The molecular weight excluding hydrogens is 416 g/mol. The van der Waals surface area contributed by atoms with Crippen molar-refractivity contribution >= 4 is 27.4 Å². The molecular formula is C22H26N4O4S. The van der Waals surface area contributed by atoms with Crippen molar-refractivity contribution in [3.8, 4) is 0 Å². The molecule has 1 amide bonds. The molecule has 2 aromatic rings. The molecule has 1 aliphatic carbocycles. The number of aromatic amines is 1. The largest absolute Gasteiger partial charge is 0.350 e. The summed E-state index contributed by atoms with van der Waals surface area (Å²) < 4.78 is 27.7. The Balaban J connectivity index is 1.68. The number of aromatic nitrogens is 1. The van der Waals surface area contributed by atoms with E-state index in [2.05, 4.69) is 15.0 Å². The minimum absolute atomic E-state index is 0.00612. The van der Waals surface area contributed by atoms with E-state index in [9.17, 15) is 18.0 Å². The molecule has 8 nitrogen and oxygen atoms in total. The quantitative estimate of drug-likeness (QED) is 0.610. The van der Waals surface area contributed by atoms with Gasteiger partial charge in [-0.2, -0.15) is 12.7 Å². The smallest absolute Gasteiger partial charge is 0.301 e. The van der Waals surface area contributed by atoms with Crippen LogP contribution in [-0.2, 0) is 15.0 Å². The topological polar surface area (TPSA) is 111 Å². The lowest BCUT2D eigenvalue weighted by Gasteiger charge is -2.15. The van der Waals surface area contributed by atoms with Crippen molar-refractivity contribution in [2.75, 3.05) is 18.8 Å². The Morgan fingerprint density at radius 2 is 1.77 bits per heavy atom. The van der Waals surface area contributed by atoms with Crippen LogP contribution in [0.2, 0.25) is 0 Å². The predicted octanol–water partition coefficient (Wildman–Crippen LogP) is 2.18. The SMILES string of the molecule is CN(C)S(=O)(=O)Nc1ccc(C(=C[C@H]2CCC(=O)N2)c2ccc(C3CC3)c(=O)[nH]2)cc1. The third-order valence-electron chi connectivity index (χ3n) is 5.57. The van der Waals surface area contributed by atoms with Crippen LogP contribution in [-0.4, -0.2) is 43.8 Å². The van der Waals surface area contributed by atoms with Crippen molar-refractivity contribution in [3.63, 3.8) is 0 Å². The van der Waals surface area contributed by atoms with Crippen LogP contribution >= 0.6 is 0 Å². The minimum atomic E-state index is -3.60. The third-order valence-corrected chi connectivity index (χ3v) is 7.02. The van der Waals surface area contributed by atoms with Gasteiger partial charge >= 0.3 is 10.2 Å². The fourth-order valence-corrected chi connectivity index (χ4v) is 4.24. The second kappa shape index (κ2) is 8.32. The highest BCUT2D eigenvalue weighted by molar-refractivity contribution is 7.90. The van der Waals surface area contributed by atoms with Crippen LogP contribution in [0.15, 0.2) is 47.3 Å². The highest BCUT2D eigenvalue weighted by Gasteiger charge is 2.26. The van der Waals surface area contributed by atoms with E-state index in [0.717, 1.165) is 33.8 Å². The summed E-state index contributed by atoms with van der Waals surface area (Å²) in [7, 11) is -0.693. The number of hydrogen-bond acceptors (Lipinski definition) is 4. The molecule has 1 aliphatic heterocycles. The van der Waals surface area contributed by atoms with Crippen molar-refractivity contribution < 1.29 is 13.2 Å². The van der Waals surface area contributed by atoms with E-state index in [0.29, 0.717) is 30.1 Å². The Morgan fingerprint density at radius 1 is 1.06 bits per heavy atom. The standard InChI is InChI=1S/C22H26N4O4S/c1-26(2)31(29,30)25-16-7-5-15(6-8-16)19(13-17-9-12-21(27)23-17)20-11-10-18(14-3-4-14)22(28)24-20/h5-8,10-11,13-14,17,25H,3-4,9,12H2,1-2H3,(H,23,27)(H,24,28)/t17-/m1/s1. The molecule has 2 fully saturated rings. The first-order valence-electron chi connectivity index (χ1n) is 10.3. The van der Waals surface area contributed by atoms with Crippen molar-refractivity contribution in [1.29, 1.82) is 0 Å². The number of anilines is 1. The lowest BCUT2D eigenvalue weighted by molar-refractivity contribution is -0.119. The minimum Gasteiger partial charge on any atom is -0.350 e. The molecule has 2 heterocycles. The number of benzene rings is 1. The molecule has 0 bridgehead atoms. The number of H-pyrrole nitrogens is 1. The molecule has 3 N–H and O–H groups in total. The summed E-state index contributed by atoms with van der Waals surface area (Å²) in [6, 6.07) is 10.6. The van der Waals surface area contributed by atoms with E-state index in [4.69, 9.17) is 0 Å². The first kappa shape index (κ1) is 21.3. The van der Waals surface area contributed by atoms with Gasteiger partial charge in [0.05, 0.1) is 0 Å². The Morgan fingerprint density at radius 3 is 2.32 bits per heavy atom. The zero-order chi connectivity index (χ0) is 22.2. The summed E-state index contributed by atoms with van der Waals surface area (Å²) in [6.07, 6.45) is 5.20. The molecule has 1 atom stereocenters. The maximum atomic E-state index is 12.6. The fraction of sp³-hybridized carbons (Fsp3) is 0.364. The van der Waals surface area contributed by atoms with E-state index >= 15 is 0 Å². The molecule has 2 aliphatic rings. The Labute approximate surface area is 181 Å². The lowest BCUT2D eigenvalue weighted by Crippen LogP contribution is -2.28. The molecule has 0 unspecified atom stereocenters. The first-order valence-corrected chi connectivity index (χ1v) is 11.7. The van der Waals surface area contributed by atoms with Crippen molar-refractivity contribution in [1.82, 2.24) is 14.6 Å². The van der Waals surface area contributed by atoms with E-state index in [-0.39, 0.29) is 17.5 Å². The van der Waals surface area contributed by atoms with Gasteiger partial charge in [-0.1, -0.05) is 24.3 Å². The highest BCUT2D eigenvalue weighted by Crippen LogP contribution is 2.38. The maximum absolute atomic E-state index is 12.6. The highest BCUT2D eigenvalue weighted by atomic mass is 32.2. The molecule has 0 spiro atoms. The summed E-state index contributed by atoms with van der Waals surface area (Å²) in [5, 5.41) is 2.93. The zero-order valence-corrected chi connectivity index (χ0v) is 18.3. The van der Waals surface area contributed by atoms with Gasteiger partial charge in [-0.15, -0.1) is 0 Å². The van der Waals surface area contributed by atoms with Gasteiger partial charge in [-0.25, -0.2) is 0 Å². The van der Waals surface area contributed by atoms with Gasteiger partial charge in [-0.05, 0) is 48.9 Å². The third kappa shape index (κ3) is 4.88. The second-order valence-electron chi connectivity index (χ2n) is 8.19. The van der Waals surface area contributed by atoms with Gasteiger partial charge in [0.25, 0.3) is 5.56 Å². The molecule has 1 aromatic heterocycles. The van der Waals surface area contributed by atoms with Gasteiger partial charge in [-0.3, -0.25) is 14.3 Å². The van der Waals surface area contributed by atoms with E-state index in [1.165, 1.54) is 14.1 Å². The van der Waals surface area contributed by atoms with Gasteiger partial charge in [0.15, 0.2) is 0 Å². The number of nitrogens with zero attached hydrogens (tertiary/aromatic N) is 1. The summed E-state index contributed by atoms with van der Waals surface area (Å²) in [6.45, 7) is 0. The lowest BCUT2D eigenvalue weighted by atomic mass is 9.98. The number of carbonyl (C=O) groups excluding carboxylic acids is 1. The van der Waals surface area contributed by atoms with E-state index in [1.54, 1.807) is 24.3 Å². The van der Waals surface area contributed by atoms with Crippen LogP contribution in [0.25, 0.3) is 5.57 Å². The molecule has 1 aromatic carbocycles. The first-order chi connectivity index (χ1) is 14.7. The van der Waals surface area contributed by atoms with Gasteiger partial charge in [0, 0.05) is 49.1 Å². The number of pyridine rings is 1. The molecule has 9 heteroatoms. The van der Waals surface area contributed by atoms with Crippen LogP contribution in [0.1, 0.15) is 48.4 Å². The summed E-state index contributed by atoms with van der Waals surface area (Å²) >= 11 is 0. The summed E-state index contributed by atoms with van der Waals surface area (Å²) in [5.41, 5.74) is 3.42. The molecule has 1 saturated carbocycles. The van der Waals surface area contributed by atoms with Gasteiger partial charge < -0.3 is 10.3 Å². The number of amides is 1. The number of hydrogen-bond donors (Lipinski definition) is 3. The number of rotatable bonds is 7. The average Bonchev–Trinajstić information content (AvgIpc) is 3.47. The summed E-state index contributed by atoms with van der Waals surface area (Å²) in [4.78, 5) is 27.2. The van der Waals surface area contributed by atoms with Gasteiger partial charge in [0.1, 0.15) is 0 Å². The Kier molecular flexibility index (Phi) is 5.72. The van der Waals surface area contributed by atoms with E-state index < -0.39 is 10.2 Å². The van der Waals surface area contributed by atoms with Crippen LogP contribution in [0, 0.1) is 0 Å². The van der Waals surface area contributed by atoms with Crippen molar-refractivity contribution in [3.05, 3.63) is 69.6 Å². The molecule has 164 valence electrons. The zero-order valence-electron chi connectivity index (χ0n) is 17.5. The van der Waals surface area contributed by atoms with Gasteiger partial charge in [0.2, 0.25) is 5.91 Å². The fourth-order valence-electron chi connectivity index (χ4n) is 3.62. The summed E-state index contributed by atoms with van der Waals surface area (Å²) in [5.74, 6) is 0.356. The second-order valence-corrected chi connectivity index (χ2v) is 10.1. The molecule has 4 rings (SSSR count). The van der Waals surface area contributed by atoms with Crippen LogP contribution < -0.4 is 15.6 Å². The normalized spacial score (nSPS) is 19.5.